The maximum absolute atomic E-state index is 6.13. The number of nitrogens with two attached hydrogens (primary N) is 1. The molecule has 1 rings (SSSR count). The van der Waals surface area contributed by atoms with E-state index < -0.39 is 0 Å². The molecule has 1 heterocycles. The lowest BCUT2D eigenvalue weighted by Crippen LogP contribution is -2.48. The van der Waals surface area contributed by atoms with E-state index in [1.165, 1.54) is 6.42 Å². The van der Waals surface area contributed by atoms with Crippen LogP contribution in [0.1, 0.15) is 26.2 Å². The molecule has 0 aliphatic carbocycles. The summed E-state index contributed by atoms with van der Waals surface area (Å²) >= 11 is 0. The minimum Gasteiger partial charge on any atom is -0.385 e. The van der Waals surface area contributed by atoms with Crippen LogP contribution < -0.4 is 5.73 Å². The zero-order chi connectivity index (χ0) is 12.7. The zero-order valence-corrected chi connectivity index (χ0v) is 11.5. The summed E-state index contributed by atoms with van der Waals surface area (Å²) in [5.41, 5.74) is 6.13. The van der Waals surface area contributed by atoms with Crippen LogP contribution in [-0.2, 0) is 9.47 Å². The van der Waals surface area contributed by atoms with Gasteiger partial charge in [0.2, 0.25) is 0 Å². The van der Waals surface area contributed by atoms with Gasteiger partial charge in [0.05, 0.1) is 6.10 Å². The van der Waals surface area contributed by atoms with Crippen LogP contribution in [0.15, 0.2) is 0 Å². The summed E-state index contributed by atoms with van der Waals surface area (Å²) in [5, 5.41) is 0. The van der Waals surface area contributed by atoms with Crippen molar-refractivity contribution in [2.24, 2.45) is 11.7 Å². The van der Waals surface area contributed by atoms with Gasteiger partial charge < -0.3 is 15.2 Å². The molecule has 3 atom stereocenters. The summed E-state index contributed by atoms with van der Waals surface area (Å²) in [5.74, 6) is 0.668. The standard InChI is InChI=1S/C13H28N2O2/c1-11-6-7-15(10-13(11)17-3)9-12(14)5-4-8-16-2/h11-13H,4-10,14H2,1-3H3. The van der Waals surface area contributed by atoms with Gasteiger partial charge in [-0.1, -0.05) is 6.92 Å². The fraction of sp³-hybridized carbons (Fsp3) is 1.00. The average Bonchev–Trinajstić information content (AvgIpc) is 2.32. The Morgan fingerprint density at radius 2 is 2.18 bits per heavy atom. The average molecular weight is 244 g/mol. The Morgan fingerprint density at radius 1 is 1.41 bits per heavy atom. The third-order valence-electron chi connectivity index (χ3n) is 3.69. The molecule has 4 heteroatoms. The Labute approximate surface area is 105 Å². The Bertz CT molecular complexity index is 202. The molecule has 0 radical (unpaired) electrons. The zero-order valence-electron chi connectivity index (χ0n) is 11.5. The first-order chi connectivity index (χ1) is 8.17. The molecular formula is C13H28N2O2. The monoisotopic (exact) mass is 244 g/mol. The first-order valence-electron chi connectivity index (χ1n) is 6.67. The molecule has 102 valence electrons. The van der Waals surface area contributed by atoms with Crippen molar-refractivity contribution in [3.05, 3.63) is 0 Å². The van der Waals surface area contributed by atoms with E-state index in [0.29, 0.717) is 12.0 Å². The molecule has 17 heavy (non-hydrogen) atoms. The molecule has 3 unspecified atom stereocenters. The highest BCUT2D eigenvalue weighted by Gasteiger charge is 2.26. The minimum absolute atomic E-state index is 0.260. The predicted molar refractivity (Wildman–Crippen MR) is 70.1 cm³/mol. The van der Waals surface area contributed by atoms with E-state index in [-0.39, 0.29) is 6.04 Å². The number of methoxy groups -OCH3 is 2. The molecule has 0 spiro atoms. The van der Waals surface area contributed by atoms with Crippen molar-refractivity contribution < 1.29 is 9.47 Å². The number of hydrogen-bond acceptors (Lipinski definition) is 4. The van der Waals surface area contributed by atoms with Crippen molar-refractivity contribution in [2.45, 2.75) is 38.3 Å². The van der Waals surface area contributed by atoms with E-state index >= 15 is 0 Å². The second kappa shape index (κ2) is 8.03. The Morgan fingerprint density at radius 3 is 2.82 bits per heavy atom. The number of piperidine rings is 1. The number of nitrogens with zero attached hydrogens (tertiary/aromatic N) is 1. The Kier molecular flexibility index (Phi) is 7.04. The normalized spacial score (nSPS) is 28.2. The SMILES string of the molecule is COCCCC(N)CN1CCC(C)C(OC)C1. The van der Waals surface area contributed by atoms with Crippen LogP contribution in [0.5, 0.6) is 0 Å². The smallest absolute Gasteiger partial charge is 0.0724 e. The van der Waals surface area contributed by atoms with Crippen molar-refractivity contribution in [2.75, 3.05) is 40.5 Å². The van der Waals surface area contributed by atoms with Gasteiger partial charge in [0.15, 0.2) is 0 Å². The van der Waals surface area contributed by atoms with E-state index in [1.807, 2.05) is 7.11 Å². The fourth-order valence-electron chi connectivity index (χ4n) is 2.48. The molecule has 1 saturated heterocycles. The topological polar surface area (TPSA) is 47.7 Å². The van der Waals surface area contributed by atoms with E-state index in [2.05, 4.69) is 11.8 Å². The highest BCUT2D eigenvalue weighted by atomic mass is 16.5. The number of ether oxygens (including phenoxy) is 2. The summed E-state index contributed by atoms with van der Waals surface area (Å²) in [6.45, 7) is 6.24. The van der Waals surface area contributed by atoms with Gasteiger partial charge in [0, 0.05) is 40.0 Å². The number of likely N-dealkylation sites (tertiary alicyclic amines) is 1. The lowest BCUT2D eigenvalue weighted by Gasteiger charge is -2.37. The van der Waals surface area contributed by atoms with E-state index in [9.17, 15) is 0 Å². The third-order valence-corrected chi connectivity index (χ3v) is 3.69. The minimum atomic E-state index is 0.260. The van der Waals surface area contributed by atoms with Crippen molar-refractivity contribution in [1.82, 2.24) is 4.90 Å². The highest BCUT2D eigenvalue weighted by Crippen LogP contribution is 2.19. The second-order valence-electron chi connectivity index (χ2n) is 5.19. The summed E-state index contributed by atoms with van der Waals surface area (Å²) in [6.07, 6.45) is 3.67. The van der Waals surface area contributed by atoms with Gasteiger partial charge in [-0.15, -0.1) is 0 Å². The van der Waals surface area contributed by atoms with E-state index in [4.69, 9.17) is 15.2 Å². The van der Waals surface area contributed by atoms with Gasteiger partial charge in [0.1, 0.15) is 0 Å². The summed E-state index contributed by atoms with van der Waals surface area (Å²) < 4.78 is 10.6. The largest absolute Gasteiger partial charge is 0.385 e. The van der Waals surface area contributed by atoms with Crippen molar-refractivity contribution in [3.63, 3.8) is 0 Å². The van der Waals surface area contributed by atoms with Crippen LogP contribution in [0.2, 0.25) is 0 Å². The Hall–Kier alpha value is -0.160. The van der Waals surface area contributed by atoms with Crippen LogP contribution in [0, 0.1) is 5.92 Å². The Balaban J connectivity index is 2.22. The molecule has 0 aromatic rings. The second-order valence-corrected chi connectivity index (χ2v) is 5.19. The van der Waals surface area contributed by atoms with Crippen LogP contribution in [-0.4, -0.2) is 57.5 Å². The fourth-order valence-corrected chi connectivity index (χ4v) is 2.48. The maximum atomic E-state index is 6.13. The summed E-state index contributed by atoms with van der Waals surface area (Å²) in [4.78, 5) is 2.44. The lowest BCUT2D eigenvalue weighted by atomic mass is 9.95. The first kappa shape index (κ1) is 14.9. The molecule has 0 aromatic heterocycles. The van der Waals surface area contributed by atoms with Gasteiger partial charge in [-0.25, -0.2) is 0 Å². The number of rotatable bonds is 7. The van der Waals surface area contributed by atoms with E-state index in [1.54, 1.807) is 7.11 Å². The third kappa shape index (κ3) is 5.34. The molecule has 1 aliphatic rings. The molecule has 0 saturated carbocycles. The summed E-state index contributed by atoms with van der Waals surface area (Å²) in [6, 6.07) is 0.260. The van der Waals surface area contributed by atoms with Gasteiger partial charge in [-0.2, -0.15) is 0 Å². The molecule has 0 aromatic carbocycles. The van der Waals surface area contributed by atoms with Crippen molar-refractivity contribution in [3.8, 4) is 0 Å². The quantitative estimate of drug-likeness (QED) is 0.681. The van der Waals surface area contributed by atoms with Gasteiger partial charge in [0.25, 0.3) is 0 Å². The molecule has 1 fully saturated rings. The molecular weight excluding hydrogens is 216 g/mol. The van der Waals surface area contributed by atoms with Crippen molar-refractivity contribution >= 4 is 0 Å². The van der Waals surface area contributed by atoms with Crippen molar-refractivity contribution in [1.29, 1.82) is 0 Å². The van der Waals surface area contributed by atoms with Crippen LogP contribution in [0.3, 0.4) is 0 Å². The number of hydrogen-bond donors (Lipinski definition) is 1. The van der Waals surface area contributed by atoms with Crippen LogP contribution in [0.25, 0.3) is 0 Å². The van der Waals surface area contributed by atoms with Gasteiger partial charge in [-0.3, -0.25) is 4.90 Å². The van der Waals surface area contributed by atoms with Gasteiger partial charge >= 0.3 is 0 Å². The molecule has 1 aliphatic heterocycles. The maximum Gasteiger partial charge on any atom is 0.0724 e. The molecule has 2 N–H and O–H groups in total. The lowest BCUT2D eigenvalue weighted by molar-refractivity contribution is -0.00672. The summed E-state index contributed by atoms with van der Waals surface area (Å²) in [7, 11) is 3.55. The molecule has 0 amide bonds. The molecule has 0 bridgehead atoms. The van der Waals surface area contributed by atoms with Crippen LogP contribution in [0.4, 0.5) is 0 Å². The highest BCUT2D eigenvalue weighted by molar-refractivity contribution is 4.80. The van der Waals surface area contributed by atoms with Crippen LogP contribution >= 0.6 is 0 Å². The molecule has 4 nitrogen and oxygen atoms in total. The van der Waals surface area contributed by atoms with Gasteiger partial charge in [-0.05, 0) is 31.7 Å². The van der Waals surface area contributed by atoms with E-state index in [0.717, 1.165) is 39.1 Å². The predicted octanol–water partition coefficient (Wildman–Crippen LogP) is 1.10. The first-order valence-corrected chi connectivity index (χ1v) is 6.67.